The zero-order chi connectivity index (χ0) is 7.94. The van der Waals surface area contributed by atoms with Crippen LogP contribution >= 0.6 is 0 Å². The first kappa shape index (κ1) is 7.44. The van der Waals surface area contributed by atoms with Gasteiger partial charge in [0.15, 0.2) is 0 Å². The summed E-state index contributed by atoms with van der Waals surface area (Å²) in [6.45, 7) is 1.63. The van der Waals surface area contributed by atoms with Gasteiger partial charge in [0.05, 0.1) is 0 Å². The van der Waals surface area contributed by atoms with E-state index in [0.717, 1.165) is 0 Å². The first-order chi connectivity index (χ1) is 4.46. The molecule has 0 aromatic rings. The molecule has 1 fully saturated rings. The van der Waals surface area contributed by atoms with Gasteiger partial charge in [0.1, 0.15) is 0 Å². The van der Waals surface area contributed by atoms with E-state index in [9.17, 15) is 13.6 Å². The lowest BCUT2D eigenvalue weighted by Gasteiger charge is -2.08. The van der Waals surface area contributed by atoms with Gasteiger partial charge in [0.2, 0.25) is 0 Å². The molecule has 0 aromatic heterocycles. The summed E-state index contributed by atoms with van der Waals surface area (Å²) in [4.78, 5) is 9.90. The lowest BCUT2D eigenvalue weighted by molar-refractivity contribution is -0.168. The number of rotatable bonds is 2. The molecule has 1 aliphatic rings. The third-order valence-corrected chi connectivity index (χ3v) is 1.86. The number of aliphatic carboxylic acids is 1. The molecule has 10 heavy (non-hydrogen) atoms. The van der Waals surface area contributed by atoms with Crippen LogP contribution in [0.2, 0.25) is 0 Å². The predicted molar refractivity (Wildman–Crippen MR) is 29.9 cm³/mol. The Bertz CT molecular complexity index is 167. The molecule has 0 heterocycles. The molecule has 0 bridgehead atoms. The average molecular weight is 150 g/mol. The number of hydrogen-bond donors (Lipinski definition) is 1. The Morgan fingerprint density at radius 3 is 2.20 bits per heavy atom. The Labute approximate surface area is 56.8 Å². The molecule has 4 heteroatoms. The summed E-state index contributed by atoms with van der Waals surface area (Å²) >= 11 is 0. The summed E-state index contributed by atoms with van der Waals surface area (Å²) in [6, 6.07) is 0. The summed E-state index contributed by atoms with van der Waals surface area (Å²) in [6.07, 6.45) is 0.333. The van der Waals surface area contributed by atoms with E-state index in [1.165, 1.54) is 0 Å². The van der Waals surface area contributed by atoms with Gasteiger partial charge in [-0.15, -0.1) is 0 Å². The third-order valence-electron chi connectivity index (χ3n) is 1.86. The molecule has 0 aliphatic heterocycles. The van der Waals surface area contributed by atoms with Crippen molar-refractivity contribution in [2.45, 2.75) is 19.3 Å². The summed E-state index contributed by atoms with van der Waals surface area (Å²) in [5, 5.41) is 8.02. The monoisotopic (exact) mass is 150 g/mol. The second-order valence-corrected chi connectivity index (χ2v) is 2.75. The Morgan fingerprint density at radius 1 is 1.70 bits per heavy atom. The van der Waals surface area contributed by atoms with Crippen molar-refractivity contribution in [1.29, 1.82) is 0 Å². The highest BCUT2D eigenvalue weighted by atomic mass is 19.3. The van der Waals surface area contributed by atoms with Crippen molar-refractivity contribution in [3.63, 3.8) is 0 Å². The normalized spacial score (nSPS) is 31.9. The minimum Gasteiger partial charge on any atom is -0.477 e. The van der Waals surface area contributed by atoms with E-state index in [1.807, 2.05) is 0 Å². The van der Waals surface area contributed by atoms with Crippen molar-refractivity contribution in [3.05, 3.63) is 0 Å². The van der Waals surface area contributed by atoms with Crippen LogP contribution in [-0.2, 0) is 4.79 Å². The Hall–Kier alpha value is -0.670. The van der Waals surface area contributed by atoms with Crippen LogP contribution in [0, 0.1) is 11.8 Å². The van der Waals surface area contributed by atoms with Crippen molar-refractivity contribution >= 4 is 5.97 Å². The lowest BCUT2D eigenvalue weighted by Crippen LogP contribution is -2.31. The SMILES string of the molecule is CC1CC1C(F)(F)C(=O)O. The topological polar surface area (TPSA) is 37.3 Å². The minimum atomic E-state index is -3.50. The maximum absolute atomic E-state index is 12.4. The summed E-state index contributed by atoms with van der Waals surface area (Å²) in [7, 11) is 0. The number of carboxylic acids is 1. The maximum Gasteiger partial charge on any atom is 0.374 e. The average Bonchev–Trinajstić information content (AvgIpc) is 2.46. The van der Waals surface area contributed by atoms with Crippen LogP contribution in [-0.4, -0.2) is 17.0 Å². The van der Waals surface area contributed by atoms with E-state index >= 15 is 0 Å². The largest absolute Gasteiger partial charge is 0.477 e. The number of halogens is 2. The van der Waals surface area contributed by atoms with Crippen molar-refractivity contribution in [2.24, 2.45) is 11.8 Å². The molecular weight excluding hydrogens is 142 g/mol. The number of carbonyl (C=O) groups is 1. The predicted octanol–water partition coefficient (Wildman–Crippen LogP) is 1.36. The highest BCUT2D eigenvalue weighted by molar-refractivity contribution is 5.76. The summed E-state index contributed by atoms with van der Waals surface area (Å²) < 4.78 is 24.8. The van der Waals surface area contributed by atoms with Crippen LogP contribution in [0.25, 0.3) is 0 Å². The highest BCUT2D eigenvalue weighted by Crippen LogP contribution is 2.48. The highest BCUT2D eigenvalue weighted by Gasteiger charge is 2.57. The quantitative estimate of drug-likeness (QED) is 0.645. The fraction of sp³-hybridized carbons (Fsp3) is 0.833. The minimum absolute atomic E-state index is 0.133. The molecule has 0 spiro atoms. The molecule has 2 atom stereocenters. The van der Waals surface area contributed by atoms with Crippen molar-refractivity contribution in [3.8, 4) is 0 Å². The first-order valence-corrected chi connectivity index (χ1v) is 3.07. The lowest BCUT2D eigenvalue weighted by atomic mass is 10.2. The van der Waals surface area contributed by atoms with Crippen LogP contribution in [0.5, 0.6) is 0 Å². The maximum atomic E-state index is 12.4. The van der Waals surface area contributed by atoms with Crippen LogP contribution < -0.4 is 0 Å². The molecular formula is C6H8F2O2. The molecule has 2 unspecified atom stereocenters. The summed E-state index contributed by atoms with van der Waals surface area (Å²) in [5.41, 5.74) is 0. The van der Waals surface area contributed by atoms with Gasteiger partial charge in [-0.05, 0) is 12.3 Å². The van der Waals surface area contributed by atoms with E-state index in [0.29, 0.717) is 6.42 Å². The number of hydrogen-bond acceptors (Lipinski definition) is 1. The fourth-order valence-corrected chi connectivity index (χ4v) is 0.986. The number of carboxylic acid groups (broad SMARTS) is 1. The van der Waals surface area contributed by atoms with E-state index in [4.69, 9.17) is 5.11 Å². The fourth-order valence-electron chi connectivity index (χ4n) is 0.986. The van der Waals surface area contributed by atoms with E-state index in [1.54, 1.807) is 6.92 Å². The molecule has 1 rings (SSSR count). The van der Waals surface area contributed by atoms with E-state index in [2.05, 4.69) is 0 Å². The Morgan fingerprint density at radius 2 is 2.10 bits per heavy atom. The zero-order valence-electron chi connectivity index (χ0n) is 5.47. The van der Waals surface area contributed by atoms with Gasteiger partial charge < -0.3 is 5.11 Å². The van der Waals surface area contributed by atoms with Gasteiger partial charge >= 0.3 is 11.9 Å². The van der Waals surface area contributed by atoms with Crippen molar-refractivity contribution in [2.75, 3.05) is 0 Å². The zero-order valence-corrected chi connectivity index (χ0v) is 5.47. The molecule has 0 aromatic carbocycles. The van der Waals surface area contributed by atoms with Gasteiger partial charge in [-0.3, -0.25) is 0 Å². The molecule has 1 saturated carbocycles. The summed E-state index contributed by atoms with van der Waals surface area (Å²) in [5.74, 6) is -6.56. The molecule has 2 nitrogen and oxygen atoms in total. The molecule has 1 aliphatic carbocycles. The number of alkyl halides is 2. The second-order valence-electron chi connectivity index (χ2n) is 2.75. The molecule has 0 radical (unpaired) electrons. The smallest absolute Gasteiger partial charge is 0.374 e. The van der Waals surface area contributed by atoms with Crippen molar-refractivity contribution < 1.29 is 18.7 Å². The van der Waals surface area contributed by atoms with Gasteiger partial charge in [-0.1, -0.05) is 6.92 Å². The first-order valence-electron chi connectivity index (χ1n) is 3.07. The van der Waals surface area contributed by atoms with Gasteiger partial charge in [0.25, 0.3) is 0 Å². The van der Waals surface area contributed by atoms with Crippen LogP contribution in [0.15, 0.2) is 0 Å². The molecule has 0 saturated heterocycles. The van der Waals surface area contributed by atoms with E-state index < -0.39 is 17.8 Å². The second kappa shape index (κ2) is 1.90. The third kappa shape index (κ3) is 0.978. The van der Waals surface area contributed by atoms with Gasteiger partial charge in [0, 0.05) is 5.92 Å². The Kier molecular flexibility index (Phi) is 1.42. The standard InChI is InChI=1S/C6H8F2O2/c1-3-2-4(3)6(7,8)5(9)10/h3-4H,2H2,1H3,(H,9,10). The molecule has 1 N–H and O–H groups in total. The van der Waals surface area contributed by atoms with Gasteiger partial charge in [-0.2, -0.15) is 8.78 Å². The van der Waals surface area contributed by atoms with Crippen LogP contribution in [0.1, 0.15) is 13.3 Å². The Balaban J connectivity index is 2.60. The van der Waals surface area contributed by atoms with Crippen LogP contribution in [0.3, 0.4) is 0 Å². The van der Waals surface area contributed by atoms with Crippen molar-refractivity contribution in [1.82, 2.24) is 0 Å². The van der Waals surface area contributed by atoms with E-state index in [-0.39, 0.29) is 5.92 Å². The van der Waals surface area contributed by atoms with Gasteiger partial charge in [-0.25, -0.2) is 4.79 Å². The van der Waals surface area contributed by atoms with Crippen LogP contribution in [0.4, 0.5) is 8.78 Å². The molecule has 0 amide bonds. The molecule has 58 valence electrons.